The largest absolute Gasteiger partial charge is 0.480 e. The van der Waals surface area contributed by atoms with Gasteiger partial charge in [-0.05, 0) is 54.3 Å². The Labute approximate surface area is 204 Å². The molecule has 0 fully saturated rings. The summed E-state index contributed by atoms with van der Waals surface area (Å²) in [6.07, 6.45) is -6.57. The normalized spacial score (nSPS) is 12.4. The minimum absolute atomic E-state index is 0.00316. The number of carboxylic acid groups (broad SMARTS) is 1. The quantitative estimate of drug-likeness (QED) is 0.233. The topological polar surface area (TPSA) is 53.4 Å². The zero-order valence-corrected chi connectivity index (χ0v) is 19.6. The summed E-state index contributed by atoms with van der Waals surface area (Å²) in [5, 5.41) is 10.2. The maximum absolute atomic E-state index is 13.3. The smallest absolute Gasteiger partial charge is 0.416 e. The first-order chi connectivity index (χ1) is 16.9. The second-order valence-electron chi connectivity index (χ2n) is 8.70. The number of benzene rings is 2. The number of alkyl halides is 6. The van der Waals surface area contributed by atoms with Crippen molar-refractivity contribution in [3.05, 3.63) is 76.5 Å². The molecule has 1 N–H and O–H groups in total. The number of hydrogen-bond acceptors (Lipinski definition) is 3. The van der Waals surface area contributed by atoms with Gasteiger partial charge in [-0.3, -0.25) is 14.7 Å². The number of rotatable bonds is 10. The number of halogens is 6. The molecule has 0 spiro atoms. The fourth-order valence-electron chi connectivity index (χ4n) is 4.06. The van der Waals surface area contributed by atoms with E-state index in [1.807, 2.05) is 37.3 Å². The molecule has 0 atom stereocenters. The average Bonchev–Trinajstić information content (AvgIpc) is 2.77. The van der Waals surface area contributed by atoms with Gasteiger partial charge in [0.15, 0.2) is 0 Å². The van der Waals surface area contributed by atoms with Gasteiger partial charge < -0.3 is 5.11 Å². The molecule has 10 heteroatoms. The number of nitrogens with zero attached hydrogens (tertiary/aromatic N) is 2. The number of pyridine rings is 1. The van der Waals surface area contributed by atoms with Gasteiger partial charge in [-0.2, -0.15) is 26.3 Å². The summed E-state index contributed by atoms with van der Waals surface area (Å²) in [5.74, 6) is -1.25. The number of aromatic nitrogens is 1. The molecule has 0 amide bonds. The molecule has 0 aliphatic heterocycles. The number of carboxylic acids is 1. The van der Waals surface area contributed by atoms with Gasteiger partial charge >= 0.3 is 18.3 Å². The molecular weight excluding hydrogens is 486 g/mol. The van der Waals surface area contributed by atoms with Crippen LogP contribution < -0.4 is 0 Å². The highest BCUT2D eigenvalue weighted by Crippen LogP contribution is 2.36. The Bertz CT molecular complexity index is 1170. The Balaban J connectivity index is 1.99. The van der Waals surface area contributed by atoms with Gasteiger partial charge in [0.2, 0.25) is 0 Å². The first-order valence-electron chi connectivity index (χ1n) is 11.5. The molecule has 0 radical (unpaired) electrons. The van der Waals surface area contributed by atoms with Crippen LogP contribution in [0.25, 0.3) is 10.9 Å². The summed E-state index contributed by atoms with van der Waals surface area (Å²) in [6.45, 7) is 1.07. The zero-order valence-electron chi connectivity index (χ0n) is 19.6. The Morgan fingerprint density at radius 3 is 2.14 bits per heavy atom. The number of unbranched alkanes of at least 4 members (excludes halogenated alkanes) is 2. The highest BCUT2D eigenvalue weighted by Gasteiger charge is 2.37. The van der Waals surface area contributed by atoms with E-state index in [9.17, 15) is 36.2 Å². The highest BCUT2D eigenvalue weighted by molar-refractivity contribution is 5.79. The summed E-state index contributed by atoms with van der Waals surface area (Å²) in [5.41, 5.74) is -0.970. The molecular formula is C26H26F6N2O2. The molecule has 4 nitrogen and oxygen atoms in total. The molecule has 3 aromatic rings. The van der Waals surface area contributed by atoms with Crippen molar-refractivity contribution >= 4 is 16.9 Å². The molecule has 0 aliphatic rings. The maximum atomic E-state index is 13.3. The van der Waals surface area contributed by atoms with Crippen LogP contribution in [0.4, 0.5) is 26.3 Å². The standard InChI is InChI=1S/C26H26F6N2O2/c1-2-3-4-8-23-19(12-18-7-5-6-9-22(18)33-23)15-34(16-24(35)36)14-17-10-20(25(27,28)29)13-21(11-17)26(30,31)32/h5-7,9-13H,2-4,8,14-16H2,1H3,(H,35,36). The van der Waals surface area contributed by atoms with Crippen molar-refractivity contribution in [3.8, 4) is 0 Å². The summed E-state index contributed by atoms with van der Waals surface area (Å²) in [4.78, 5) is 17.6. The molecule has 0 aliphatic carbocycles. The predicted molar refractivity (Wildman–Crippen MR) is 123 cm³/mol. The van der Waals surface area contributed by atoms with Gasteiger partial charge in [-0.1, -0.05) is 38.0 Å². The second-order valence-corrected chi connectivity index (χ2v) is 8.70. The molecule has 2 aromatic carbocycles. The minimum Gasteiger partial charge on any atom is -0.480 e. The second kappa shape index (κ2) is 11.3. The fraction of sp³-hybridized carbons (Fsp3) is 0.385. The maximum Gasteiger partial charge on any atom is 0.416 e. The molecule has 0 unspecified atom stereocenters. The van der Waals surface area contributed by atoms with Gasteiger partial charge in [0, 0.05) is 24.2 Å². The van der Waals surface area contributed by atoms with Crippen LogP contribution in [0.5, 0.6) is 0 Å². The molecule has 36 heavy (non-hydrogen) atoms. The van der Waals surface area contributed by atoms with Crippen molar-refractivity contribution in [3.63, 3.8) is 0 Å². The summed E-state index contributed by atoms with van der Waals surface area (Å²) in [6, 6.07) is 10.5. The van der Waals surface area contributed by atoms with Gasteiger partial charge in [0.05, 0.1) is 23.2 Å². The van der Waals surface area contributed by atoms with Gasteiger partial charge in [-0.25, -0.2) is 0 Å². The van der Waals surface area contributed by atoms with Crippen LogP contribution in [-0.4, -0.2) is 27.5 Å². The molecule has 194 valence electrons. The number of aryl methyl sites for hydroxylation is 1. The monoisotopic (exact) mass is 512 g/mol. The van der Waals surface area contributed by atoms with Crippen molar-refractivity contribution in [2.45, 2.75) is 58.0 Å². The van der Waals surface area contributed by atoms with Crippen molar-refractivity contribution < 1.29 is 36.2 Å². The van der Waals surface area contributed by atoms with E-state index in [-0.39, 0.29) is 18.2 Å². The molecule has 3 rings (SSSR count). The van der Waals surface area contributed by atoms with Crippen LogP contribution in [0.15, 0.2) is 48.5 Å². The van der Waals surface area contributed by atoms with Crippen LogP contribution in [0.2, 0.25) is 0 Å². The van der Waals surface area contributed by atoms with E-state index < -0.39 is 42.5 Å². The SMILES string of the molecule is CCCCCc1nc2ccccc2cc1CN(CC(=O)O)Cc1cc(C(F)(F)F)cc(C(F)(F)F)c1. The zero-order chi connectivity index (χ0) is 26.5. The molecule has 0 saturated carbocycles. The minimum atomic E-state index is -4.98. The van der Waals surface area contributed by atoms with Crippen molar-refractivity contribution in [2.75, 3.05) is 6.54 Å². The van der Waals surface area contributed by atoms with Crippen LogP contribution in [0, 0.1) is 0 Å². The number of carbonyl (C=O) groups is 1. The van der Waals surface area contributed by atoms with Gasteiger partial charge in [0.25, 0.3) is 0 Å². The molecule has 0 bridgehead atoms. The third-order valence-corrected chi connectivity index (χ3v) is 5.72. The van der Waals surface area contributed by atoms with E-state index >= 15 is 0 Å². The Kier molecular flexibility index (Phi) is 8.60. The van der Waals surface area contributed by atoms with E-state index in [0.29, 0.717) is 24.1 Å². The van der Waals surface area contributed by atoms with Crippen molar-refractivity contribution in [1.29, 1.82) is 0 Å². The third kappa shape index (κ3) is 7.43. The van der Waals surface area contributed by atoms with Crippen LogP contribution in [0.3, 0.4) is 0 Å². The highest BCUT2D eigenvalue weighted by atomic mass is 19.4. The average molecular weight is 512 g/mol. The predicted octanol–water partition coefficient (Wildman–Crippen LogP) is 7.09. The van der Waals surface area contributed by atoms with Crippen LogP contribution in [0.1, 0.15) is 54.1 Å². The van der Waals surface area contributed by atoms with E-state index in [2.05, 4.69) is 0 Å². The van der Waals surface area contributed by atoms with E-state index in [0.717, 1.165) is 35.9 Å². The molecule has 1 aromatic heterocycles. The molecule has 1 heterocycles. The lowest BCUT2D eigenvalue weighted by atomic mass is 10.0. The Morgan fingerprint density at radius 1 is 0.917 bits per heavy atom. The number of aliphatic carboxylic acids is 1. The van der Waals surface area contributed by atoms with E-state index in [4.69, 9.17) is 4.98 Å². The first-order valence-corrected chi connectivity index (χ1v) is 11.5. The number of hydrogen-bond donors (Lipinski definition) is 1. The first kappa shape index (κ1) is 27.4. The van der Waals surface area contributed by atoms with Crippen molar-refractivity contribution in [2.24, 2.45) is 0 Å². The number of fused-ring (bicyclic) bond motifs is 1. The van der Waals surface area contributed by atoms with Crippen LogP contribution in [-0.2, 0) is 36.7 Å². The lowest BCUT2D eigenvalue weighted by molar-refractivity contribution is -0.143. The fourth-order valence-corrected chi connectivity index (χ4v) is 4.06. The Morgan fingerprint density at radius 2 is 1.56 bits per heavy atom. The van der Waals surface area contributed by atoms with E-state index in [1.54, 1.807) is 0 Å². The van der Waals surface area contributed by atoms with Gasteiger partial charge in [-0.15, -0.1) is 0 Å². The van der Waals surface area contributed by atoms with Crippen LogP contribution >= 0.6 is 0 Å². The van der Waals surface area contributed by atoms with E-state index in [1.165, 1.54) is 4.90 Å². The summed E-state index contributed by atoms with van der Waals surface area (Å²) >= 11 is 0. The lowest BCUT2D eigenvalue weighted by Crippen LogP contribution is -2.30. The summed E-state index contributed by atoms with van der Waals surface area (Å²) < 4.78 is 79.8. The lowest BCUT2D eigenvalue weighted by Gasteiger charge is -2.23. The van der Waals surface area contributed by atoms with Gasteiger partial charge in [0.1, 0.15) is 0 Å². The Hall–Kier alpha value is -3.14. The number of para-hydroxylation sites is 1. The third-order valence-electron chi connectivity index (χ3n) is 5.72. The molecule has 0 saturated heterocycles. The van der Waals surface area contributed by atoms with Crippen molar-refractivity contribution in [1.82, 2.24) is 9.88 Å². The summed E-state index contributed by atoms with van der Waals surface area (Å²) in [7, 11) is 0.